The van der Waals surface area contributed by atoms with E-state index in [0.717, 1.165) is 0 Å². The number of hydrogen-bond donors (Lipinski definition) is 3. The molecule has 312 valence electrons. The van der Waals surface area contributed by atoms with Crippen molar-refractivity contribution in [2.24, 2.45) is 0 Å². The topological polar surface area (TPSA) is 186 Å². The Morgan fingerprint density at radius 3 is 1.43 bits per heavy atom. The van der Waals surface area contributed by atoms with Crippen molar-refractivity contribution in [3.63, 3.8) is 0 Å². The molecule has 0 aromatic rings. The lowest BCUT2D eigenvalue weighted by atomic mass is 10.4. The lowest BCUT2D eigenvalue weighted by Gasteiger charge is -2.38. The Balaban J connectivity index is 4.53. The number of phosphoric acid groups is 1. The number of carbonyl (C=O) groups excluding carboxylic acids is 2. The summed E-state index contributed by atoms with van der Waals surface area (Å²) in [5.41, 5.74) is 0.661. The number of carbonyl (C=O) groups is 2. The van der Waals surface area contributed by atoms with Crippen LogP contribution in [-0.4, -0.2) is 155 Å². The summed E-state index contributed by atoms with van der Waals surface area (Å²) in [6, 6.07) is 1.40. The Labute approximate surface area is 322 Å². The van der Waals surface area contributed by atoms with Crippen LogP contribution in [-0.2, 0) is 50.0 Å². The number of esters is 2. The van der Waals surface area contributed by atoms with E-state index in [-0.39, 0.29) is 39.6 Å². The Hall–Kier alpha value is -0.709. The van der Waals surface area contributed by atoms with Gasteiger partial charge in [-0.05, 0) is 78.1 Å². The smallest absolute Gasteiger partial charge is 0.456 e. The Morgan fingerprint density at radius 1 is 0.642 bits per heavy atom. The molecular formula is C32H71N2O14P2Si3+3. The van der Waals surface area contributed by atoms with Crippen molar-refractivity contribution in [2.75, 3.05) is 94.0 Å². The van der Waals surface area contributed by atoms with E-state index in [1.54, 1.807) is 13.8 Å². The molecule has 0 heterocycles. The van der Waals surface area contributed by atoms with E-state index < -0.39 is 53.1 Å². The van der Waals surface area contributed by atoms with Crippen molar-refractivity contribution in [3.8, 4) is 0 Å². The second-order valence-corrected chi connectivity index (χ2v) is 31.6. The third kappa shape index (κ3) is 27.5. The molecule has 0 spiro atoms. The highest BCUT2D eigenvalue weighted by molar-refractivity contribution is 7.54. The summed E-state index contributed by atoms with van der Waals surface area (Å²) >= 11 is 0. The monoisotopic (exact) mass is 853 g/mol. The summed E-state index contributed by atoms with van der Waals surface area (Å²) in [5.74, 6) is -0.896. The maximum atomic E-state index is 12.4. The van der Waals surface area contributed by atoms with Gasteiger partial charge in [0, 0.05) is 11.1 Å². The molecule has 0 aliphatic rings. The Bertz CT molecular complexity index is 1240. The van der Waals surface area contributed by atoms with Crippen LogP contribution in [0.2, 0.25) is 51.4 Å². The molecule has 0 saturated carbocycles. The first-order valence-corrected chi connectivity index (χ1v) is 29.9. The van der Waals surface area contributed by atoms with Crippen molar-refractivity contribution < 1.29 is 73.6 Å². The minimum Gasteiger partial charge on any atom is -0.456 e. The average molecular weight is 854 g/mol. The molecule has 0 aliphatic carbocycles. The zero-order valence-corrected chi connectivity index (χ0v) is 39.2. The number of rotatable bonds is 30. The third-order valence-electron chi connectivity index (χ3n) is 7.87. The standard InChI is InChI=1S/C32H70N2O14P2Si3/c1-29(2)31(35)41-23-17-33(5,6)19-25-45-49(37,38)43-21-15-27-51(9,10)47-53(13,14)48-52(11,12)28-16-22-44-50(39,40)46-26-20-34(7,8)18-24-42-32(36)30(3)4/h37-38H,1,3,15-28H2,2,4-14H3/q+2/p+1. The zero-order valence-electron chi connectivity index (χ0n) is 34.4. The fraction of sp³-hybridized carbons (Fsp3) is 0.812. The number of nitrogens with zero attached hydrogens (tertiary/aromatic N) is 2. The van der Waals surface area contributed by atoms with Crippen molar-refractivity contribution in [3.05, 3.63) is 24.3 Å². The molecular weight excluding hydrogens is 783 g/mol. The second kappa shape index (κ2) is 22.9. The first-order valence-electron chi connectivity index (χ1n) is 17.8. The van der Waals surface area contributed by atoms with Crippen LogP contribution in [0.25, 0.3) is 0 Å². The lowest BCUT2D eigenvalue weighted by molar-refractivity contribution is -0.890. The second-order valence-electron chi connectivity index (χ2n) is 16.2. The van der Waals surface area contributed by atoms with E-state index in [9.17, 15) is 28.8 Å². The summed E-state index contributed by atoms with van der Waals surface area (Å²) in [7, 11) is -7.59. The molecule has 0 saturated heterocycles. The quantitative estimate of drug-likeness (QED) is 0.0216. The highest BCUT2D eigenvalue weighted by Gasteiger charge is 2.42. The molecule has 0 amide bonds. The van der Waals surface area contributed by atoms with Crippen LogP contribution in [0.4, 0.5) is 0 Å². The third-order valence-corrected chi connectivity index (χ3v) is 21.4. The molecule has 0 aliphatic heterocycles. The van der Waals surface area contributed by atoms with Gasteiger partial charge in [-0.3, -0.25) is 9.05 Å². The highest BCUT2D eigenvalue weighted by atomic mass is 31.2. The average Bonchev–Trinajstić information content (AvgIpc) is 2.95. The Morgan fingerprint density at radius 2 is 1.00 bits per heavy atom. The summed E-state index contributed by atoms with van der Waals surface area (Å²) in [6.45, 7) is 25.1. The Kier molecular flexibility index (Phi) is 22.6. The van der Waals surface area contributed by atoms with E-state index in [4.69, 9.17) is 35.8 Å². The van der Waals surface area contributed by atoms with Gasteiger partial charge < -0.3 is 31.6 Å². The molecule has 3 N–H and O–H groups in total. The van der Waals surface area contributed by atoms with Gasteiger partial charge in [0.25, 0.3) is 0 Å². The molecule has 21 heteroatoms. The van der Waals surface area contributed by atoms with Gasteiger partial charge in [-0.2, -0.15) is 14.3 Å². The molecule has 16 nitrogen and oxygen atoms in total. The minimum atomic E-state index is -4.24. The fourth-order valence-corrected chi connectivity index (χ4v) is 20.4. The summed E-state index contributed by atoms with van der Waals surface area (Å²) in [6.07, 6.45) is 1.07. The van der Waals surface area contributed by atoms with Crippen LogP contribution < -0.4 is 0 Å². The van der Waals surface area contributed by atoms with Crippen LogP contribution in [0.15, 0.2) is 24.3 Å². The van der Waals surface area contributed by atoms with Crippen molar-refractivity contribution in [1.29, 1.82) is 0 Å². The number of ether oxygens (including phenoxy) is 2. The van der Waals surface area contributed by atoms with Crippen molar-refractivity contribution in [2.45, 2.75) is 78.1 Å². The fourth-order valence-electron chi connectivity index (χ4n) is 4.94. The molecule has 0 aromatic heterocycles. The van der Waals surface area contributed by atoms with Crippen molar-refractivity contribution in [1.82, 2.24) is 0 Å². The largest absolute Gasteiger partial charge is 0.570 e. The minimum absolute atomic E-state index is 0.00533. The lowest BCUT2D eigenvalue weighted by Crippen LogP contribution is -2.52. The molecule has 0 rings (SSSR count). The van der Waals surface area contributed by atoms with Crippen LogP contribution in [0.3, 0.4) is 0 Å². The summed E-state index contributed by atoms with van der Waals surface area (Å²) in [5, 5.41) is 0. The number of hydrogen-bond acceptors (Lipinski definition) is 13. The maximum Gasteiger partial charge on any atom is 0.570 e. The van der Waals surface area contributed by atoms with Crippen LogP contribution >= 0.6 is 16.0 Å². The van der Waals surface area contributed by atoms with Gasteiger partial charge in [0.05, 0.1) is 41.4 Å². The van der Waals surface area contributed by atoms with Gasteiger partial charge in [0.15, 0.2) is 16.6 Å². The molecule has 53 heavy (non-hydrogen) atoms. The molecule has 0 radical (unpaired) electrons. The van der Waals surface area contributed by atoms with Gasteiger partial charge in [-0.25, -0.2) is 14.2 Å². The van der Waals surface area contributed by atoms with Crippen LogP contribution in [0, 0.1) is 0 Å². The number of likely N-dealkylation sites (N-methyl/N-ethyl adjacent to an activating group) is 2. The highest BCUT2D eigenvalue weighted by Crippen LogP contribution is 2.52. The van der Waals surface area contributed by atoms with Gasteiger partial charge in [-0.15, -0.1) is 4.52 Å². The summed E-state index contributed by atoms with van der Waals surface area (Å²) in [4.78, 5) is 53.8. The maximum absolute atomic E-state index is 12.4. The van der Waals surface area contributed by atoms with E-state index in [2.05, 4.69) is 39.3 Å². The van der Waals surface area contributed by atoms with E-state index in [1.165, 1.54) is 0 Å². The predicted octanol–water partition coefficient (Wildman–Crippen LogP) is 5.13. The van der Waals surface area contributed by atoms with E-state index in [1.807, 2.05) is 41.3 Å². The first-order chi connectivity index (χ1) is 23.9. The van der Waals surface area contributed by atoms with Crippen molar-refractivity contribution >= 4 is 53.1 Å². The van der Waals surface area contributed by atoms with Crippen LogP contribution in [0.5, 0.6) is 0 Å². The van der Waals surface area contributed by atoms with Gasteiger partial charge in [-0.1, -0.05) is 13.2 Å². The SMILES string of the molecule is C=C(C)C(=O)OCC[N+](C)(C)CCOP(=O)(O)OCCC[Si](C)(C)O[Si](C)(C)O[Si](C)(C)CCCO[P+](O)(O)OCC[N+](C)(C)CCOC(=O)C(=C)C. The van der Waals surface area contributed by atoms with Gasteiger partial charge in [0.2, 0.25) is 0 Å². The first kappa shape index (κ1) is 52.3. The summed E-state index contributed by atoms with van der Waals surface area (Å²) < 4.78 is 57.8. The van der Waals surface area contributed by atoms with Crippen LogP contribution in [0.1, 0.15) is 26.7 Å². The van der Waals surface area contributed by atoms with Gasteiger partial charge in [0.1, 0.15) is 52.6 Å². The molecule has 0 fully saturated rings. The van der Waals surface area contributed by atoms with E-state index >= 15 is 0 Å². The van der Waals surface area contributed by atoms with Gasteiger partial charge >= 0.3 is 36.5 Å². The molecule has 0 bridgehead atoms. The normalized spacial score (nSPS) is 14.5. The molecule has 1 atom stereocenters. The molecule has 1 unspecified atom stereocenters. The molecule has 0 aromatic carbocycles. The number of phosphoric ester groups is 1. The van der Waals surface area contributed by atoms with E-state index in [0.29, 0.717) is 71.2 Å². The zero-order chi connectivity index (χ0) is 41.4. The number of quaternary nitrogens is 2. The predicted molar refractivity (Wildman–Crippen MR) is 214 cm³/mol.